The molecule has 0 bridgehead atoms. The van der Waals surface area contributed by atoms with E-state index in [0.29, 0.717) is 51.7 Å². The van der Waals surface area contributed by atoms with Crippen LogP contribution in [0, 0.1) is 12.7 Å². The SMILES string of the molecule is Cc1c(C(=O)ON2C(=O)CCC2=O)sc2ncnc(Nc3ccc(F)cc3O[C@@H]3CCCN(C(=O)OC(C)(C)C)C3)c12. The Balaban J connectivity index is 1.37. The van der Waals surface area contributed by atoms with Gasteiger partial charge in [0, 0.05) is 25.5 Å². The number of benzene rings is 1. The van der Waals surface area contributed by atoms with Crippen LogP contribution in [0.3, 0.4) is 0 Å². The normalized spacial score (nSPS) is 17.5. The number of hydrogen-bond acceptors (Lipinski definition) is 11. The Labute approximate surface area is 244 Å². The van der Waals surface area contributed by atoms with Crippen molar-refractivity contribution in [3.05, 3.63) is 40.8 Å². The Morgan fingerprint density at radius 2 is 1.88 bits per heavy atom. The molecule has 2 aliphatic rings. The molecule has 3 amide bonds. The molecule has 1 N–H and O–H groups in total. The van der Waals surface area contributed by atoms with E-state index >= 15 is 0 Å². The number of carbonyl (C=O) groups is 4. The number of piperidine rings is 1. The van der Waals surface area contributed by atoms with Crippen molar-refractivity contribution in [1.29, 1.82) is 0 Å². The number of nitrogens with zero attached hydrogens (tertiary/aromatic N) is 4. The Morgan fingerprint density at radius 1 is 1.14 bits per heavy atom. The standard InChI is InChI=1S/C28H30FN5O7S/c1-15-22-24(30-14-31-25(22)42-23(15)26(37)41-34-20(35)9-10-21(34)36)32-18-8-7-16(29)12-19(18)39-17-6-5-11-33(13-17)27(38)40-28(2,3)4/h7-8,12,14,17H,5-6,9-11,13H2,1-4H3,(H,30,31,32)/t17-/m1/s1. The van der Waals surface area contributed by atoms with Gasteiger partial charge >= 0.3 is 12.1 Å². The second-order valence-corrected chi connectivity index (χ2v) is 12.0. The molecule has 42 heavy (non-hydrogen) atoms. The molecule has 4 heterocycles. The van der Waals surface area contributed by atoms with E-state index in [0.717, 1.165) is 11.3 Å². The molecular formula is C28H30FN5O7S. The van der Waals surface area contributed by atoms with E-state index in [-0.39, 0.29) is 30.0 Å². The predicted molar refractivity (Wildman–Crippen MR) is 150 cm³/mol. The first-order valence-electron chi connectivity index (χ1n) is 13.4. The zero-order chi connectivity index (χ0) is 30.2. The van der Waals surface area contributed by atoms with Crippen molar-refractivity contribution in [1.82, 2.24) is 19.9 Å². The molecular weight excluding hydrogens is 569 g/mol. The van der Waals surface area contributed by atoms with Crippen LogP contribution in [0.5, 0.6) is 5.75 Å². The smallest absolute Gasteiger partial charge is 0.410 e. The molecule has 2 saturated heterocycles. The molecule has 2 aliphatic heterocycles. The second kappa shape index (κ2) is 11.5. The van der Waals surface area contributed by atoms with E-state index in [2.05, 4.69) is 15.3 Å². The number of aromatic nitrogens is 2. The van der Waals surface area contributed by atoms with Gasteiger partial charge in [-0.3, -0.25) is 9.59 Å². The summed E-state index contributed by atoms with van der Waals surface area (Å²) in [4.78, 5) is 65.2. The first-order valence-corrected chi connectivity index (χ1v) is 14.2. The van der Waals surface area contributed by atoms with Crippen LogP contribution in [0.15, 0.2) is 24.5 Å². The lowest BCUT2D eigenvalue weighted by molar-refractivity contribution is -0.172. The third-order valence-electron chi connectivity index (χ3n) is 6.61. The quantitative estimate of drug-likeness (QED) is 0.390. The minimum atomic E-state index is -0.859. The summed E-state index contributed by atoms with van der Waals surface area (Å²) in [5, 5.41) is 4.17. The monoisotopic (exact) mass is 599 g/mol. The largest absolute Gasteiger partial charge is 0.486 e. The van der Waals surface area contributed by atoms with Crippen LogP contribution in [-0.2, 0) is 19.2 Å². The summed E-state index contributed by atoms with van der Waals surface area (Å²) >= 11 is 1.03. The number of carbonyl (C=O) groups excluding carboxylic acids is 4. The number of ether oxygens (including phenoxy) is 2. The number of hydrogen-bond donors (Lipinski definition) is 1. The highest BCUT2D eigenvalue weighted by atomic mass is 32.1. The minimum absolute atomic E-state index is 0.0149. The number of hydroxylamine groups is 2. The van der Waals surface area contributed by atoms with E-state index in [1.54, 1.807) is 32.6 Å². The molecule has 0 unspecified atom stereocenters. The van der Waals surface area contributed by atoms with E-state index in [4.69, 9.17) is 14.3 Å². The highest BCUT2D eigenvalue weighted by Crippen LogP contribution is 2.37. The Kier molecular flexibility index (Phi) is 7.99. The summed E-state index contributed by atoms with van der Waals surface area (Å²) in [7, 11) is 0. The summed E-state index contributed by atoms with van der Waals surface area (Å²) < 4.78 is 26.0. The summed E-state index contributed by atoms with van der Waals surface area (Å²) in [5.74, 6) is -1.97. The lowest BCUT2D eigenvalue weighted by Gasteiger charge is -2.34. The predicted octanol–water partition coefficient (Wildman–Crippen LogP) is 4.88. The van der Waals surface area contributed by atoms with Crippen molar-refractivity contribution >= 4 is 56.9 Å². The maximum absolute atomic E-state index is 14.3. The minimum Gasteiger partial charge on any atom is -0.486 e. The molecule has 0 spiro atoms. The van der Waals surface area contributed by atoms with Crippen LogP contribution in [0.4, 0.5) is 20.7 Å². The fraction of sp³-hybridized carbons (Fsp3) is 0.429. The van der Waals surface area contributed by atoms with Crippen LogP contribution < -0.4 is 10.1 Å². The number of amides is 3. The Morgan fingerprint density at radius 3 is 2.60 bits per heavy atom. The molecule has 12 nitrogen and oxygen atoms in total. The van der Waals surface area contributed by atoms with Gasteiger partial charge in [-0.1, -0.05) is 0 Å². The van der Waals surface area contributed by atoms with Crippen LogP contribution >= 0.6 is 11.3 Å². The van der Waals surface area contributed by atoms with Gasteiger partial charge < -0.3 is 24.5 Å². The molecule has 0 saturated carbocycles. The number of nitrogens with one attached hydrogen (secondary N) is 1. The van der Waals surface area contributed by atoms with Crippen LogP contribution in [0.1, 0.15) is 61.7 Å². The lowest BCUT2D eigenvalue weighted by Crippen LogP contribution is -2.46. The first-order chi connectivity index (χ1) is 19.9. The molecule has 2 aromatic heterocycles. The van der Waals surface area contributed by atoms with Gasteiger partial charge in [0.2, 0.25) is 0 Å². The third kappa shape index (κ3) is 6.27. The highest BCUT2D eigenvalue weighted by Gasteiger charge is 2.34. The van der Waals surface area contributed by atoms with Crippen molar-refractivity contribution < 1.29 is 37.9 Å². The lowest BCUT2D eigenvalue weighted by atomic mass is 10.1. The van der Waals surface area contributed by atoms with Crippen LogP contribution in [0.25, 0.3) is 10.2 Å². The van der Waals surface area contributed by atoms with Gasteiger partial charge in [-0.15, -0.1) is 16.4 Å². The van der Waals surface area contributed by atoms with Gasteiger partial charge in [-0.2, -0.15) is 0 Å². The van der Waals surface area contributed by atoms with Crippen LogP contribution in [0.2, 0.25) is 0 Å². The fourth-order valence-corrected chi connectivity index (χ4v) is 5.69. The summed E-state index contributed by atoms with van der Waals surface area (Å²) in [6.45, 7) is 7.88. The van der Waals surface area contributed by atoms with Gasteiger partial charge in [-0.25, -0.2) is 23.9 Å². The molecule has 222 valence electrons. The molecule has 0 aliphatic carbocycles. The average Bonchev–Trinajstić information content (AvgIpc) is 3.43. The number of aryl methyl sites for hydroxylation is 1. The number of thiophene rings is 1. The number of fused-ring (bicyclic) bond motifs is 1. The topological polar surface area (TPSA) is 140 Å². The van der Waals surface area contributed by atoms with Crippen molar-refractivity contribution in [2.24, 2.45) is 0 Å². The third-order valence-corrected chi connectivity index (χ3v) is 7.79. The molecule has 2 fully saturated rings. The summed E-state index contributed by atoms with van der Waals surface area (Å²) in [6.07, 6.45) is 1.79. The van der Waals surface area contributed by atoms with E-state index in [9.17, 15) is 23.6 Å². The molecule has 1 aromatic carbocycles. The molecule has 0 radical (unpaired) electrons. The molecule has 14 heteroatoms. The van der Waals surface area contributed by atoms with E-state index in [1.807, 2.05) is 0 Å². The Bertz CT molecular complexity index is 1550. The van der Waals surface area contributed by atoms with Gasteiger partial charge in [0.05, 0.1) is 17.6 Å². The number of rotatable bonds is 6. The van der Waals surface area contributed by atoms with Crippen molar-refractivity contribution in [2.75, 3.05) is 18.4 Å². The highest BCUT2D eigenvalue weighted by molar-refractivity contribution is 7.20. The Hall–Kier alpha value is -4.33. The molecule has 3 aromatic rings. The van der Waals surface area contributed by atoms with Gasteiger partial charge in [0.25, 0.3) is 11.8 Å². The maximum atomic E-state index is 14.3. The fourth-order valence-electron chi connectivity index (χ4n) is 4.67. The van der Waals surface area contributed by atoms with Crippen molar-refractivity contribution in [3.8, 4) is 5.75 Å². The zero-order valence-corrected chi connectivity index (χ0v) is 24.4. The van der Waals surface area contributed by atoms with Crippen molar-refractivity contribution in [3.63, 3.8) is 0 Å². The summed E-state index contributed by atoms with van der Waals surface area (Å²) in [6, 6.07) is 4.03. The van der Waals surface area contributed by atoms with Gasteiger partial charge in [0.1, 0.15) is 45.1 Å². The maximum Gasteiger partial charge on any atom is 0.410 e. The number of imide groups is 1. The van der Waals surface area contributed by atoms with Gasteiger partial charge in [0.15, 0.2) is 0 Å². The average molecular weight is 600 g/mol. The van der Waals surface area contributed by atoms with Crippen molar-refractivity contribution in [2.45, 2.75) is 65.1 Å². The van der Waals surface area contributed by atoms with Gasteiger partial charge in [-0.05, 0) is 58.2 Å². The first kappa shape index (κ1) is 29.2. The second-order valence-electron chi connectivity index (χ2n) is 11.0. The van der Waals surface area contributed by atoms with Crippen LogP contribution in [-0.4, -0.2) is 68.6 Å². The molecule has 1 atom stereocenters. The zero-order valence-electron chi connectivity index (χ0n) is 23.6. The number of halogens is 1. The van der Waals surface area contributed by atoms with E-state index < -0.39 is 41.4 Å². The number of anilines is 2. The summed E-state index contributed by atoms with van der Waals surface area (Å²) in [5.41, 5.74) is 0.258. The van der Waals surface area contributed by atoms with E-state index in [1.165, 1.54) is 24.5 Å². The number of likely N-dealkylation sites (tertiary alicyclic amines) is 1. The molecule has 5 rings (SSSR count).